The number of nitrogens with zero attached hydrogens (tertiary/aromatic N) is 1. The van der Waals surface area contributed by atoms with Crippen LogP contribution in [-0.2, 0) is 0 Å². The summed E-state index contributed by atoms with van der Waals surface area (Å²) in [6.45, 7) is 4.69. The molecule has 1 aromatic heterocycles. The second kappa shape index (κ2) is 5.99. The average molecular weight is 278 g/mol. The minimum absolute atomic E-state index is 0.372. The van der Waals surface area contributed by atoms with E-state index >= 15 is 0 Å². The molecule has 0 saturated heterocycles. The van der Waals surface area contributed by atoms with Crippen molar-refractivity contribution in [1.29, 1.82) is 0 Å². The summed E-state index contributed by atoms with van der Waals surface area (Å²) in [5, 5.41) is 19.6. The topological polar surface area (TPSA) is 76.7 Å². The van der Waals surface area contributed by atoms with E-state index in [9.17, 15) is 5.11 Å². The Morgan fingerprint density at radius 3 is 2.53 bits per heavy atom. The fourth-order valence-electron chi connectivity index (χ4n) is 1.74. The highest BCUT2D eigenvalue weighted by Gasteiger charge is 2.10. The van der Waals surface area contributed by atoms with Gasteiger partial charge in [0.25, 0.3) is 0 Å². The molecule has 1 unspecified atom stereocenters. The number of aliphatic hydroxyl groups excluding tert-OH is 1. The van der Waals surface area contributed by atoms with Crippen LogP contribution in [0.3, 0.4) is 0 Å². The van der Waals surface area contributed by atoms with Crippen LogP contribution in [0.2, 0.25) is 0 Å². The van der Waals surface area contributed by atoms with Gasteiger partial charge in [-0.3, -0.25) is 5.10 Å². The number of hydrogen-bond acceptors (Lipinski definition) is 4. The highest BCUT2D eigenvalue weighted by Crippen LogP contribution is 2.17. The minimum Gasteiger partial charge on any atom is -0.383 e. The summed E-state index contributed by atoms with van der Waals surface area (Å²) in [6, 6.07) is 8.19. The second-order valence-electron chi connectivity index (χ2n) is 4.74. The Labute approximate surface area is 117 Å². The Morgan fingerprint density at radius 2 is 2.00 bits per heavy atom. The molecule has 0 aliphatic carbocycles. The van der Waals surface area contributed by atoms with Gasteiger partial charge in [0, 0.05) is 12.2 Å². The number of anilines is 1. The van der Waals surface area contributed by atoms with E-state index in [2.05, 4.69) is 46.5 Å². The maximum atomic E-state index is 9.92. The molecule has 0 amide bonds. The Kier molecular flexibility index (Phi) is 4.34. The molecule has 0 radical (unpaired) electrons. The van der Waals surface area contributed by atoms with Gasteiger partial charge in [-0.05, 0) is 35.8 Å². The van der Waals surface area contributed by atoms with Gasteiger partial charge in [0.2, 0.25) is 0 Å². The van der Waals surface area contributed by atoms with Crippen LogP contribution in [0, 0.1) is 4.77 Å². The van der Waals surface area contributed by atoms with E-state index in [1.807, 2.05) is 12.1 Å². The third-order valence-electron chi connectivity index (χ3n) is 2.91. The summed E-state index contributed by atoms with van der Waals surface area (Å²) in [6.07, 6.45) is -0.724. The maximum absolute atomic E-state index is 9.92. The first-order valence-corrected chi connectivity index (χ1v) is 6.63. The number of aromatic amines is 2. The molecule has 0 saturated carbocycles. The predicted octanol–water partition coefficient (Wildman–Crippen LogP) is 2.74. The molecule has 0 bridgehead atoms. The first-order chi connectivity index (χ1) is 9.06. The lowest BCUT2D eigenvalue weighted by Crippen LogP contribution is -2.13. The van der Waals surface area contributed by atoms with Gasteiger partial charge < -0.3 is 15.4 Å². The van der Waals surface area contributed by atoms with Crippen LogP contribution in [0.25, 0.3) is 0 Å². The summed E-state index contributed by atoms with van der Waals surface area (Å²) in [4.78, 5) is 2.79. The number of H-pyrrole nitrogens is 2. The lowest BCUT2D eigenvalue weighted by atomic mass is 10.0. The van der Waals surface area contributed by atoms with E-state index in [0.29, 0.717) is 23.1 Å². The number of nitrogens with one attached hydrogen (secondary N) is 3. The highest BCUT2D eigenvalue weighted by molar-refractivity contribution is 7.71. The number of aliphatic hydroxyl groups is 1. The average Bonchev–Trinajstić information content (AvgIpc) is 2.83. The number of benzene rings is 1. The number of rotatable bonds is 5. The summed E-state index contributed by atoms with van der Waals surface area (Å²) in [7, 11) is 0. The van der Waals surface area contributed by atoms with Gasteiger partial charge in [-0.1, -0.05) is 26.0 Å². The molecule has 0 fully saturated rings. The SMILES string of the molecule is CC(C)c1ccc(NCC(O)c2n[nH]c(=S)[nH]2)cc1. The van der Waals surface area contributed by atoms with Crippen LogP contribution >= 0.6 is 12.2 Å². The van der Waals surface area contributed by atoms with E-state index in [1.165, 1.54) is 5.56 Å². The zero-order chi connectivity index (χ0) is 13.8. The van der Waals surface area contributed by atoms with E-state index < -0.39 is 6.10 Å². The zero-order valence-electron chi connectivity index (χ0n) is 11.0. The van der Waals surface area contributed by atoms with Crippen LogP contribution in [0.4, 0.5) is 5.69 Å². The van der Waals surface area contributed by atoms with Gasteiger partial charge in [-0.15, -0.1) is 0 Å². The monoisotopic (exact) mass is 278 g/mol. The fraction of sp³-hybridized carbons (Fsp3) is 0.385. The zero-order valence-corrected chi connectivity index (χ0v) is 11.8. The number of aromatic nitrogens is 3. The summed E-state index contributed by atoms with van der Waals surface area (Å²) < 4.78 is 0.412. The van der Waals surface area contributed by atoms with E-state index in [0.717, 1.165) is 5.69 Å². The molecule has 0 aliphatic rings. The van der Waals surface area contributed by atoms with E-state index in [1.54, 1.807) is 0 Å². The molecular formula is C13H18N4OS. The third-order valence-corrected chi connectivity index (χ3v) is 3.11. The molecule has 102 valence electrons. The van der Waals surface area contributed by atoms with Gasteiger partial charge in [0.1, 0.15) is 6.10 Å². The molecule has 5 nitrogen and oxygen atoms in total. The molecule has 0 aliphatic heterocycles. The third kappa shape index (κ3) is 3.65. The second-order valence-corrected chi connectivity index (χ2v) is 5.14. The van der Waals surface area contributed by atoms with Crippen LogP contribution < -0.4 is 5.32 Å². The van der Waals surface area contributed by atoms with Crippen molar-refractivity contribution in [3.8, 4) is 0 Å². The Hall–Kier alpha value is -1.66. The standard InChI is InChI=1S/C13H18N4OS/c1-8(2)9-3-5-10(6-4-9)14-7-11(18)12-15-13(19)17-16-12/h3-6,8,11,14,18H,7H2,1-2H3,(H2,15,16,17,19). The molecule has 1 atom stereocenters. The number of hydrogen-bond donors (Lipinski definition) is 4. The van der Waals surface area contributed by atoms with Crippen molar-refractivity contribution < 1.29 is 5.11 Å². The molecule has 19 heavy (non-hydrogen) atoms. The minimum atomic E-state index is -0.724. The summed E-state index contributed by atoms with van der Waals surface area (Å²) >= 11 is 4.86. The first kappa shape index (κ1) is 13.8. The van der Waals surface area contributed by atoms with Crippen molar-refractivity contribution in [2.45, 2.75) is 25.9 Å². The Balaban J connectivity index is 1.93. The van der Waals surface area contributed by atoms with E-state index in [4.69, 9.17) is 12.2 Å². The van der Waals surface area contributed by atoms with Crippen LogP contribution in [0.15, 0.2) is 24.3 Å². The first-order valence-electron chi connectivity index (χ1n) is 6.22. The molecule has 0 spiro atoms. The van der Waals surface area contributed by atoms with Gasteiger partial charge in [0.15, 0.2) is 10.6 Å². The predicted molar refractivity (Wildman–Crippen MR) is 77.8 cm³/mol. The lowest BCUT2D eigenvalue weighted by Gasteiger charge is -2.11. The van der Waals surface area contributed by atoms with Crippen molar-refractivity contribution in [3.63, 3.8) is 0 Å². The Morgan fingerprint density at radius 1 is 1.32 bits per heavy atom. The normalized spacial score (nSPS) is 12.6. The van der Waals surface area contributed by atoms with Crippen molar-refractivity contribution in [2.75, 3.05) is 11.9 Å². The van der Waals surface area contributed by atoms with Crippen LogP contribution in [-0.4, -0.2) is 26.8 Å². The van der Waals surface area contributed by atoms with E-state index in [-0.39, 0.29) is 0 Å². The quantitative estimate of drug-likeness (QED) is 0.634. The lowest BCUT2D eigenvalue weighted by molar-refractivity contribution is 0.182. The van der Waals surface area contributed by atoms with Crippen LogP contribution in [0.5, 0.6) is 0 Å². The van der Waals surface area contributed by atoms with Gasteiger partial charge >= 0.3 is 0 Å². The molecule has 1 heterocycles. The molecule has 4 N–H and O–H groups in total. The van der Waals surface area contributed by atoms with Crippen molar-refractivity contribution in [1.82, 2.24) is 15.2 Å². The molecular weight excluding hydrogens is 260 g/mol. The summed E-state index contributed by atoms with van der Waals surface area (Å²) in [5.41, 5.74) is 2.26. The molecule has 2 aromatic rings. The van der Waals surface area contributed by atoms with Crippen molar-refractivity contribution in [2.24, 2.45) is 0 Å². The van der Waals surface area contributed by atoms with Crippen molar-refractivity contribution >= 4 is 17.9 Å². The Bertz CT molecular complexity index is 573. The van der Waals surface area contributed by atoms with Gasteiger partial charge in [-0.2, -0.15) is 5.10 Å². The van der Waals surface area contributed by atoms with Gasteiger partial charge in [-0.25, -0.2) is 0 Å². The molecule has 1 aromatic carbocycles. The maximum Gasteiger partial charge on any atom is 0.192 e. The largest absolute Gasteiger partial charge is 0.383 e. The fourth-order valence-corrected chi connectivity index (χ4v) is 1.89. The van der Waals surface area contributed by atoms with Gasteiger partial charge in [0.05, 0.1) is 0 Å². The molecule has 2 rings (SSSR count). The smallest absolute Gasteiger partial charge is 0.192 e. The highest BCUT2D eigenvalue weighted by atomic mass is 32.1. The molecule has 6 heteroatoms. The van der Waals surface area contributed by atoms with Crippen LogP contribution in [0.1, 0.15) is 37.3 Å². The summed E-state index contributed by atoms with van der Waals surface area (Å²) in [5.74, 6) is 0.958. The van der Waals surface area contributed by atoms with Crippen molar-refractivity contribution in [3.05, 3.63) is 40.4 Å².